The van der Waals surface area contributed by atoms with Crippen LogP contribution in [0.5, 0.6) is 0 Å². The van der Waals surface area contributed by atoms with E-state index in [1.807, 2.05) is 12.1 Å². The SMILES string of the molecule is C#CCOCCOCCNC(=O)CCC(CCC(=O)NCCOCCOCC#C)(CCC(=O)NCCOCCOCC#C)NC(=O)c1ccc(-c2ccc(CNN(C(C)C)C(C)C)cc2)cc1.N#CCCO. The lowest BCUT2D eigenvalue weighted by molar-refractivity contribution is -0.121. The van der Waals surface area contributed by atoms with Crippen molar-refractivity contribution in [2.45, 2.75) is 96.8 Å². The monoisotopic (exact) mass is 1000 g/mol. The molecule has 0 bridgehead atoms. The molecule has 2 aromatic carbocycles. The van der Waals surface area contributed by atoms with Crippen molar-refractivity contribution in [1.29, 1.82) is 5.26 Å². The van der Waals surface area contributed by atoms with E-state index in [1.54, 1.807) is 18.2 Å². The van der Waals surface area contributed by atoms with Crippen LogP contribution in [0, 0.1) is 48.4 Å². The van der Waals surface area contributed by atoms with Crippen LogP contribution >= 0.6 is 0 Å². The largest absolute Gasteiger partial charge is 0.395 e. The zero-order valence-corrected chi connectivity index (χ0v) is 42.9. The Bertz CT molecular complexity index is 1850. The molecule has 4 amide bonds. The predicted molar refractivity (Wildman–Crippen MR) is 276 cm³/mol. The van der Waals surface area contributed by atoms with E-state index in [-0.39, 0.29) is 129 Å². The molecule has 396 valence electrons. The number of terminal acetylenes is 3. The van der Waals surface area contributed by atoms with Gasteiger partial charge in [0.25, 0.3) is 5.91 Å². The fourth-order valence-corrected chi connectivity index (χ4v) is 6.86. The molecule has 0 aliphatic carbocycles. The van der Waals surface area contributed by atoms with Gasteiger partial charge in [-0.3, -0.25) is 24.6 Å². The Kier molecular flexibility index (Phi) is 37.2. The number of aliphatic hydroxyl groups excluding tert-OH is 1. The van der Waals surface area contributed by atoms with Crippen LogP contribution in [-0.4, -0.2) is 157 Å². The Morgan fingerprint density at radius 1 is 0.597 bits per heavy atom. The van der Waals surface area contributed by atoms with Gasteiger partial charge in [0.1, 0.15) is 19.8 Å². The van der Waals surface area contributed by atoms with Crippen LogP contribution in [0.1, 0.15) is 88.6 Å². The zero-order chi connectivity index (χ0) is 53.1. The first-order chi connectivity index (χ1) is 34.8. The molecule has 0 saturated carbocycles. The summed E-state index contributed by atoms with van der Waals surface area (Å²) in [6, 6.07) is 18.0. The molecule has 18 heteroatoms. The summed E-state index contributed by atoms with van der Waals surface area (Å²) >= 11 is 0. The Balaban J connectivity index is 0.00000492. The van der Waals surface area contributed by atoms with Gasteiger partial charge in [0, 0.05) is 68.6 Å². The number of amides is 4. The predicted octanol–water partition coefficient (Wildman–Crippen LogP) is 3.53. The van der Waals surface area contributed by atoms with Crippen LogP contribution < -0.4 is 26.7 Å². The first kappa shape index (κ1) is 64.1. The van der Waals surface area contributed by atoms with Gasteiger partial charge in [0.15, 0.2) is 0 Å². The Morgan fingerprint density at radius 3 is 1.31 bits per heavy atom. The summed E-state index contributed by atoms with van der Waals surface area (Å²) in [7, 11) is 0. The van der Waals surface area contributed by atoms with Gasteiger partial charge in [0.2, 0.25) is 17.7 Å². The van der Waals surface area contributed by atoms with E-state index in [2.05, 4.69) is 101 Å². The van der Waals surface area contributed by atoms with E-state index in [9.17, 15) is 19.2 Å². The normalized spacial score (nSPS) is 10.9. The summed E-state index contributed by atoms with van der Waals surface area (Å²) in [6.07, 6.45) is 16.2. The van der Waals surface area contributed by atoms with Crippen molar-refractivity contribution in [3.05, 3.63) is 59.7 Å². The molecule has 18 nitrogen and oxygen atoms in total. The topological polar surface area (TPSA) is 231 Å². The van der Waals surface area contributed by atoms with E-state index >= 15 is 0 Å². The number of carbonyl (C=O) groups is 4. The van der Waals surface area contributed by atoms with Crippen molar-refractivity contribution in [1.82, 2.24) is 31.7 Å². The average molecular weight is 1000 g/mol. The fourth-order valence-electron chi connectivity index (χ4n) is 6.86. The number of benzene rings is 2. The maximum absolute atomic E-state index is 14.2. The third kappa shape index (κ3) is 31.5. The third-order valence-electron chi connectivity index (χ3n) is 10.5. The van der Waals surface area contributed by atoms with Crippen molar-refractivity contribution in [2.75, 3.05) is 106 Å². The lowest BCUT2D eigenvalue weighted by Crippen LogP contribution is -2.50. The molecule has 0 fully saturated rings. The summed E-state index contributed by atoms with van der Waals surface area (Å²) in [5.74, 6) is 5.91. The number of hydrazine groups is 1. The van der Waals surface area contributed by atoms with Crippen LogP contribution in [0.3, 0.4) is 0 Å². The molecule has 0 atom stereocenters. The van der Waals surface area contributed by atoms with Gasteiger partial charge >= 0.3 is 0 Å². The fraction of sp³-hybridized carbons (Fsp3) is 0.574. The van der Waals surface area contributed by atoms with Crippen molar-refractivity contribution in [3.8, 4) is 54.2 Å². The number of hydrogen-bond donors (Lipinski definition) is 6. The lowest BCUT2D eigenvalue weighted by atomic mass is 9.82. The molecule has 0 aliphatic heterocycles. The maximum Gasteiger partial charge on any atom is 0.251 e. The van der Waals surface area contributed by atoms with Crippen LogP contribution in [0.2, 0.25) is 0 Å². The second-order valence-corrected chi connectivity index (χ2v) is 16.7. The highest BCUT2D eigenvalue weighted by molar-refractivity contribution is 5.95. The smallest absolute Gasteiger partial charge is 0.251 e. The zero-order valence-electron chi connectivity index (χ0n) is 42.9. The highest BCUT2D eigenvalue weighted by Gasteiger charge is 2.34. The van der Waals surface area contributed by atoms with Crippen molar-refractivity contribution in [3.63, 3.8) is 0 Å². The molecule has 0 aliphatic rings. The van der Waals surface area contributed by atoms with E-state index in [4.69, 9.17) is 58.1 Å². The Morgan fingerprint density at radius 2 is 0.972 bits per heavy atom. The number of ether oxygens (including phenoxy) is 6. The van der Waals surface area contributed by atoms with Gasteiger partial charge in [-0.15, -0.1) is 19.3 Å². The van der Waals surface area contributed by atoms with Gasteiger partial charge in [-0.25, -0.2) is 5.01 Å². The highest BCUT2D eigenvalue weighted by Crippen LogP contribution is 2.28. The molecule has 0 unspecified atom stereocenters. The highest BCUT2D eigenvalue weighted by atomic mass is 16.5. The molecular formula is C54H79N7O11. The summed E-state index contributed by atoms with van der Waals surface area (Å²) in [6.45, 7) is 13.3. The van der Waals surface area contributed by atoms with Gasteiger partial charge in [-0.1, -0.05) is 54.2 Å². The van der Waals surface area contributed by atoms with Crippen LogP contribution in [0.15, 0.2) is 48.5 Å². The van der Waals surface area contributed by atoms with E-state index < -0.39 is 11.4 Å². The minimum Gasteiger partial charge on any atom is -0.395 e. The van der Waals surface area contributed by atoms with E-state index in [1.165, 1.54) is 0 Å². The summed E-state index contributed by atoms with van der Waals surface area (Å²) in [5.41, 5.74) is 5.81. The van der Waals surface area contributed by atoms with E-state index in [0.717, 1.165) is 16.7 Å². The number of nitrogens with one attached hydrogen (secondary N) is 5. The number of nitriles is 1. The van der Waals surface area contributed by atoms with Crippen LogP contribution in [0.4, 0.5) is 0 Å². The molecule has 72 heavy (non-hydrogen) atoms. The number of carbonyl (C=O) groups excluding carboxylic acids is 4. The minimum absolute atomic E-state index is 0.00258. The summed E-state index contributed by atoms with van der Waals surface area (Å²) in [4.78, 5) is 53.9. The van der Waals surface area contributed by atoms with Crippen molar-refractivity contribution in [2.24, 2.45) is 0 Å². The number of hydrogen-bond acceptors (Lipinski definition) is 14. The lowest BCUT2D eigenvalue weighted by Gasteiger charge is -2.35. The average Bonchev–Trinajstić information content (AvgIpc) is 3.37. The molecular weight excluding hydrogens is 923 g/mol. The Hall–Kier alpha value is -5.87. The van der Waals surface area contributed by atoms with Gasteiger partial charge in [-0.05, 0) is 75.8 Å². The first-order valence-electron chi connectivity index (χ1n) is 24.4. The van der Waals surface area contributed by atoms with E-state index in [0.29, 0.717) is 63.8 Å². The molecule has 0 saturated heterocycles. The second-order valence-electron chi connectivity index (χ2n) is 16.7. The molecule has 2 rings (SSSR count). The molecule has 2 aromatic rings. The molecule has 0 spiro atoms. The maximum atomic E-state index is 14.2. The number of nitrogens with zero attached hydrogens (tertiary/aromatic N) is 2. The summed E-state index contributed by atoms with van der Waals surface area (Å²) < 4.78 is 32.2. The second kappa shape index (κ2) is 41.7. The molecule has 0 heterocycles. The first-order valence-corrected chi connectivity index (χ1v) is 24.4. The van der Waals surface area contributed by atoms with Crippen molar-refractivity contribution < 1.29 is 52.7 Å². The quantitative estimate of drug-likeness (QED) is 0.0320. The van der Waals surface area contributed by atoms with Crippen molar-refractivity contribution >= 4 is 23.6 Å². The summed E-state index contributed by atoms with van der Waals surface area (Å²) in [5, 5.41) is 29.5. The number of aliphatic hydroxyl groups is 1. The standard InChI is InChI=1S/C51H74N6O10.C3H5NO/c1-8-28-62-34-37-65-31-25-52-47(58)19-22-51(23-20-48(59)53-26-32-66-38-35-63-29-9-2,24-21-49(60)54-27-33-67-39-36-64-30-10-3)56-50(61)46-17-15-45(16-18-46)44-13-11-43(12-14-44)40-55-57(41(4)5)42(6)7;4-2-1-3-5/h1-3,11-18,41-42,55H,19-40H2,4-7H3,(H,52,58)(H,53,59)(H,54,60)(H,56,61);5H,1,3H2. The van der Waals surface area contributed by atoms with Gasteiger partial charge < -0.3 is 54.8 Å². The third-order valence-corrected chi connectivity index (χ3v) is 10.5. The molecule has 0 radical (unpaired) electrons. The van der Waals surface area contributed by atoms with Crippen LogP contribution in [-0.2, 0) is 49.3 Å². The molecule has 6 N–H and O–H groups in total. The van der Waals surface area contributed by atoms with Crippen LogP contribution in [0.25, 0.3) is 11.1 Å². The number of rotatable bonds is 39. The van der Waals surface area contributed by atoms with Gasteiger partial charge in [-0.2, -0.15) is 5.26 Å². The molecule has 0 aromatic heterocycles. The van der Waals surface area contributed by atoms with Gasteiger partial charge in [0.05, 0.1) is 78.6 Å². The minimum atomic E-state index is -1.15. The Labute approximate surface area is 428 Å².